The molecule has 1 aromatic rings. The number of esters is 1. The molecule has 116 valence electrons. The van der Waals surface area contributed by atoms with Gasteiger partial charge < -0.3 is 14.8 Å². The maximum Gasteiger partial charge on any atom is 0.311 e. The number of hydrogen-bond donors (Lipinski definition) is 1. The lowest BCUT2D eigenvalue weighted by Gasteiger charge is -2.37. The molecule has 0 aromatic heterocycles. The Balaban J connectivity index is 0.00000161. The van der Waals surface area contributed by atoms with E-state index in [1.54, 1.807) is 0 Å². The summed E-state index contributed by atoms with van der Waals surface area (Å²) in [6, 6.07) is 10.1. The molecule has 4 nitrogen and oxygen atoms in total. The SMILES string of the molecule is Cl.O=C(OC1(c2ccccc2)CCOCC1)C1CCNC1. The average Bonchev–Trinajstić information content (AvgIpc) is 3.03. The van der Waals surface area contributed by atoms with E-state index in [-0.39, 0.29) is 24.3 Å². The highest BCUT2D eigenvalue weighted by atomic mass is 35.5. The molecule has 5 heteroatoms. The van der Waals surface area contributed by atoms with Gasteiger partial charge in [0.15, 0.2) is 0 Å². The van der Waals surface area contributed by atoms with Gasteiger partial charge in [-0.3, -0.25) is 4.79 Å². The first kappa shape index (κ1) is 16.3. The lowest BCUT2D eigenvalue weighted by atomic mass is 9.86. The first-order valence-corrected chi connectivity index (χ1v) is 7.37. The number of nitrogens with one attached hydrogen (secondary N) is 1. The van der Waals surface area contributed by atoms with Crippen LogP contribution in [0.5, 0.6) is 0 Å². The summed E-state index contributed by atoms with van der Waals surface area (Å²) in [7, 11) is 0. The van der Waals surface area contributed by atoms with Gasteiger partial charge in [-0.2, -0.15) is 0 Å². The molecule has 2 fully saturated rings. The molecule has 0 radical (unpaired) electrons. The van der Waals surface area contributed by atoms with Crippen LogP contribution in [0.1, 0.15) is 24.8 Å². The zero-order valence-electron chi connectivity index (χ0n) is 12.0. The molecule has 2 heterocycles. The minimum Gasteiger partial charge on any atom is -0.454 e. The van der Waals surface area contributed by atoms with Crippen molar-refractivity contribution >= 4 is 18.4 Å². The Morgan fingerprint density at radius 3 is 2.57 bits per heavy atom. The van der Waals surface area contributed by atoms with Crippen LogP contribution in [0, 0.1) is 5.92 Å². The fourth-order valence-electron chi connectivity index (χ4n) is 3.02. The molecule has 2 aliphatic heterocycles. The Bertz CT molecular complexity index is 454. The molecule has 0 amide bonds. The minimum absolute atomic E-state index is 0. The van der Waals surface area contributed by atoms with E-state index in [1.165, 1.54) is 0 Å². The van der Waals surface area contributed by atoms with Crippen LogP contribution >= 0.6 is 12.4 Å². The van der Waals surface area contributed by atoms with Crippen LogP contribution in [-0.2, 0) is 19.9 Å². The maximum atomic E-state index is 12.4. The zero-order valence-corrected chi connectivity index (χ0v) is 12.9. The monoisotopic (exact) mass is 311 g/mol. The quantitative estimate of drug-likeness (QED) is 0.870. The number of hydrogen-bond acceptors (Lipinski definition) is 4. The summed E-state index contributed by atoms with van der Waals surface area (Å²) in [6.07, 6.45) is 2.35. The van der Waals surface area contributed by atoms with E-state index in [0.717, 1.165) is 37.9 Å². The molecule has 0 spiro atoms. The van der Waals surface area contributed by atoms with Gasteiger partial charge in [0.2, 0.25) is 0 Å². The van der Waals surface area contributed by atoms with Gasteiger partial charge in [0.05, 0.1) is 19.1 Å². The number of benzene rings is 1. The fraction of sp³-hybridized carbons (Fsp3) is 0.562. The van der Waals surface area contributed by atoms with Gasteiger partial charge >= 0.3 is 5.97 Å². The van der Waals surface area contributed by atoms with Crippen LogP contribution in [0.4, 0.5) is 0 Å². The van der Waals surface area contributed by atoms with Crippen molar-refractivity contribution in [2.75, 3.05) is 26.3 Å². The Labute approximate surface area is 131 Å². The summed E-state index contributed by atoms with van der Waals surface area (Å²) in [5.74, 6) is -0.0702. The topological polar surface area (TPSA) is 47.6 Å². The summed E-state index contributed by atoms with van der Waals surface area (Å²) in [6.45, 7) is 2.93. The van der Waals surface area contributed by atoms with E-state index in [0.29, 0.717) is 13.2 Å². The third-order valence-electron chi connectivity index (χ3n) is 4.29. The molecule has 21 heavy (non-hydrogen) atoms. The summed E-state index contributed by atoms with van der Waals surface area (Å²) in [5, 5.41) is 3.22. The van der Waals surface area contributed by atoms with Gasteiger partial charge in [-0.25, -0.2) is 0 Å². The van der Waals surface area contributed by atoms with E-state index in [1.807, 2.05) is 30.3 Å². The second-order valence-electron chi connectivity index (χ2n) is 5.58. The van der Waals surface area contributed by atoms with Crippen LogP contribution in [0.2, 0.25) is 0 Å². The first-order chi connectivity index (χ1) is 9.80. The molecule has 0 aliphatic carbocycles. The number of rotatable bonds is 3. The highest BCUT2D eigenvalue weighted by Crippen LogP contribution is 2.37. The number of carbonyl (C=O) groups excluding carboxylic acids is 1. The molecule has 3 rings (SSSR count). The summed E-state index contributed by atoms with van der Waals surface area (Å²) >= 11 is 0. The van der Waals surface area contributed by atoms with Crippen LogP contribution in [-0.4, -0.2) is 32.3 Å². The smallest absolute Gasteiger partial charge is 0.311 e. The fourth-order valence-corrected chi connectivity index (χ4v) is 3.02. The van der Waals surface area contributed by atoms with Crippen molar-refractivity contribution in [3.8, 4) is 0 Å². The maximum absolute atomic E-state index is 12.4. The van der Waals surface area contributed by atoms with Gasteiger partial charge in [-0.15, -0.1) is 12.4 Å². The molecule has 2 saturated heterocycles. The summed E-state index contributed by atoms with van der Waals surface area (Å²) in [5.41, 5.74) is 0.585. The van der Waals surface area contributed by atoms with Crippen molar-refractivity contribution in [1.29, 1.82) is 0 Å². The molecule has 2 aliphatic rings. The highest BCUT2D eigenvalue weighted by Gasteiger charge is 2.40. The van der Waals surface area contributed by atoms with Gasteiger partial charge in [0, 0.05) is 19.4 Å². The summed E-state index contributed by atoms with van der Waals surface area (Å²) < 4.78 is 11.4. The van der Waals surface area contributed by atoms with Crippen molar-refractivity contribution in [2.24, 2.45) is 5.92 Å². The van der Waals surface area contributed by atoms with E-state index in [2.05, 4.69) is 5.32 Å². The number of halogens is 1. The second kappa shape index (κ2) is 7.25. The molecule has 1 unspecified atom stereocenters. The Hall–Kier alpha value is -1.10. The van der Waals surface area contributed by atoms with Crippen molar-refractivity contribution in [3.05, 3.63) is 35.9 Å². The van der Waals surface area contributed by atoms with E-state index in [9.17, 15) is 4.79 Å². The van der Waals surface area contributed by atoms with Crippen molar-refractivity contribution < 1.29 is 14.3 Å². The lowest BCUT2D eigenvalue weighted by Crippen LogP contribution is -2.40. The van der Waals surface area contributed by atoms with Crippen molar-refractivity contribution in [3.63, 3.8) is 0 Å². The number of carbonyl (C=O) groups is 1. The molecular weight excluding hydrogens is 290 g/mol. The van der Waals surface area contributed by atoms with Gasteiger partial charge in [-0.1, -0.05) is 30.3 Å². The van der Waals surface area contributed by atoms with Gasteiger partial charge in [0.1, 0.15) is 5.60 Å². The molecule has 1 aromatic carbocycles. The van der Waals surface area contributed by atoms with Crippen molar-refractivity contribution in [1.82, 2.24) is 5.32 Å². The first-order valence-electron chi connectivity index (χ1n) is 7.37. The van der Waals surface area contributed by atoms with Crippen LogP contribution in [0.3, 0.4) is 0 Å². The molecule has 0 bridgehead atoms. The Kier molecular flexibility index (Phi) is 5.62. The Morgan fingerprint density at radius 2 is 1.95 bits per heavy atom. The predicted octanol–water partition coefficient (Wildman–Crippen LogP) is 2.27. The van der Waals surface area contributed by atoms with E-state index >= 15 is 0 Å². The standard InChI is InChI=1S/C16H21NO3.ClH/c18-15(13-6-9-17-12-13)20-16(7-10-19-11-8-16)14-4-2-1-3-5-14;/h1-5,13,17H,6-12H2;1H. The molecular formula is C16H22ClNO3. The molecule has 1 N–H and O–H groups in total. The molecule has 0 saturated carbocycles. The minimum atomic E-state index is -0.501. The van der Waals surface area contributed by atoms with E-state index in [4.69, 9.17) is 9.47 Å². The van der Waals surface area contributed by atoms with Crippen LogP contribution in [0.15, 0.2) is 30.3 Å². The van der Waals surface area contributed by atoms with Crippen LogP contribution in [0.25, 0.3) is 0 Å². The molecule has 1 atom stereocenters. The average molecular weight is 312 g/mol. The third kappa shape index (κ3) is 3.57. The normalized spacial score (nSPS) is 24.1. The van der Waals surface area contributed by atoms with Gasteiger partial charge in [0.25, 0.3) is 0 Å². The Morgan fingerprint density at radius 1 is 1.24 bits per heavy atom. The van der Waals surface area contributed by atoms with Gasteiger partial charge in [-0.05, 0) is 18.5 Å². The number of ether oxygens (including phenoxy) is 2. The van der Waals surface area contributed by atoms with Crippen molar-refractivity contribution in [2.45, 2.75) is 24.9 Å². The predicted molar refractivity (Wildman–Crippen MR) is 82.5 cm³/mol. The zero-order chi connectivity index (χ0) is 13.8. The van der Waals surface area contributed by atoms with Crippen LogP contribution < -0.4 is 5.32 Å². The largest absolute Gasteiger partial charge is 0.454 e. The van der Waals surface area contributed by atoms with E-state index < -0.39 is 5.60 Å². The lowest BCUT2D eigenvalue weighted by molar-refractivity contribution is -0.176. The third-order valence-corrected chi connectivity index (χ3v) is 4.29. The summed E-state index contributed by atoms with van der Waals surface area (Å²) in [4.78, 5) is 12.4. The second-order valence-corrected chi connectivity index (χ2v) is 5.58. The highest BCUT2D eigenvalue weighted by molar-refractivity contribution is 5.85.